The second kappa shape index (κ2) is 5.32. The van der Waals surface area contributed by atoms with Crippen LogP contribution in [0.2, 0.25) is 0 Å². The van der Waals surface area contributed by atoms with Crippen molar-refractivity contribution >= 4 is 27.9 Å². The van der Waals surface area contributed by atoms with E-state index in [2.05, 4.69) is 38.4 Å². The topological polar surface area (TPSA) is 41.1 Å². The first-order valence-electron chi connectivity index (χ1n) is 7.06. The molecule has 1 saturated carbocycles. The van der Waals surface area contributed by atoms with Crippen LogP contribution in [0.4, 0.5) is 14.5 Å². The molecule has 22 heavy (non-hydrogen) atoms. The van der Waals surface area contributed by atoms with Gasteiger partial charge in [-0.2, -0.15) is 0 Å². The quantitative estimate of drug-likeness (QED) is 0.621. The number of alkyl halides is 2. The van der Waals surface area contributed by atoms with Crippen molar-refractivity contribution in [2.45, 2.75) is 37.4 Å². The Morgan fingerprint density at radius 2 is 2.18 bits per heavy atom. The Hall–Kier alpha value is -1.45. The minimum absolute atomic E-state index is 0.185. The number of anilines is 1. The van der Waals surface area contributed by atoms with Crippen LogP contribution in [0, 0.1) is 17.8 Å². The summed E-state index contributed by atoms with van der Waals surface area (Å²) < 4.78 is 29.7. The predicted octanol–water partition coefficient (Wildman–Crippen LogP) is 3.25. The molecule has 6 heteroatoms. The maximum atomic E-state index is 14.5. The summed E-state index contributed by atoms with van der Waals surface area (Å²) in [7, 11) is 0. The molecule has 116 valence electrons. The highest BCUT2D eigenvalue weighted by molar-refractivity contribution is 9.10. The van der Waals surface area contributed by atoms with E-state index in [1.165, 1.54) is 0 Å². The largest absolute Gasteiger partial charge is 0.363 e. The molecule has 3 nitrogen and oxygen atoms in total. The summed E-state index contributed by atoms with van der Waals surface area (Å²) in [5, 5.41) is 5.60. The van der Waals surface area contributed by atoms with Crippen molar-refractivity contribution in [3.05, 3.63) is 28.2 Å². The van der Waals surface area contributed by atoms with Gasteiger partial charge in [-0.25, -0.2) is 8.78 Å². The standard InChI is InChI=1S/C16H15BrF2N2O/c1-15(18,19)16(7-6-10-2-3-10)12-5-4-11(17)8-13(12)20-14(9-22)21-16/h4-5,8-10,14,20-21H,2-3H2,1H3/t14?,16-/m1/s1. The fraction of sp³-hybridized carbons (Fsp3) is 0.438. The molecule has 0 bridgehead atoms. The van der Waals surface area contributed by atoms with E-state index in [0.29, 0.717) is 17.5 Å². The van der Waals surface area contributed by atoms with Crippen LogP contribution in [0.3, 0.4) is 0 Å². The van der Waals surface area contributed by atoms with Gasteiger partial charge in [-0.1, -0.05) is 33.8 Å². The normalized spacial score (nSPS) is 27.2. The number of hydrogen-bond acceptors (Lipinski definition) is 3. The number of aldehydes is 1. The maximum Gasteiger partial charge on any atom is 0.278 e. The van der Waals surface area contributed by atoms with Crippen molar-refractivity contribution in [3.63, 3.8) is 0 Å². The van der Waals surface area contributed by atoms with Gasteiger partial charge in [0.15, 0.2) is 11.8 Å². The van der Waals surface area contributed by atoms with Crippen LogP contribution >= 0.6 is 15.9 Å². The minimum Gasteiger partial charge on any atom is -0.363 e. The van der Waals surface area contributed by atoms with Gasteiger partial charge >= 0.3 is 0 Å². The van der Waals surface area contributed by atoms with Crippen molar-refractivity contribution in [1.29, 1.82) is 0 Å². The lowest BCUT2D eigenvalue weighted by Crippen LogP contribution is -2.62. The first-order chi connectivity index (χ1) is 10.4. The zero-order chi connectivity index (χ0) is 16.0. The van der Waals surface area contributed by atoms with Crippen molar-refractivity contribution in [2.24, 2.45) is 5.92 Å². The van der Waals surface area contributed by atoms with Crippen molar-refractivity contribution in [1.82, 2.24) is 5.32 Å². The Bertz CT molecular complexity index is 673. The molecule has 1 aromatic rings. The van der Waals surface area contributed by atoms with Crippen molar-refractivity contribution in [3.8, 4) is 11.8 Å². The molecule has 0 aromatic heterocycles. The molecular formula is C16H15BrF2N2O. The summed E-state index contributed by atoms with van der Waals surface area (Å²) in [5.41, 5.74) is -1.03. The molecule has 1 aliphatic heterocycles. The molecule has 2 atom stereocenters. The number of carbonyl (C=O) groups is 1. The summed E-state index contributed by atoms with van der Waals surface area (Å²) in [6, 6.07) is 4.99. The molecule has 0 spiro atoms. The first kappa shape index (κ1) is 15.4. The summed E-state index contributed by atoms with van der Waals surface area (Å²) in [6.07, 6.45) is 1.55. The number of hydrogen-bond donors (Lipinski definition) is 2. The Balaban J connectivity index is 2.19. The average Bonchev–Trinajstić information content (AvgIpc) is 3.26. The van der Waals surface area contributed by atoms with Crippen LogP contribution in [-0.4, -0.2) is 18.4 Å². The van der Waals surface area contributed by atoms with E-state index in [9.17, 15) is 13.6 Å². The first-order valence-corrected chi connectivity index (χ1v) is 7.85. The summed E-state index contributed by atoms with van der Waals surface area (Å²) >= 11 is 3.32. The Kier molecular flexibility index (Phi) is 3.74. The number of nitrogens with one attached hydrogen (secondary N) is 2. The molecular weight excluding hydrogens is 354 g/mol. The molecule has 0 saturated heterocycles. The van der Waals surface area contributed by atoms with Gasteiger partial charge < -0.3 is 5.32 Å². The van der Waals surface area contributed by atoms with Gasteiger partial charge in [-0.3, -0.25) is 10.1 Å². The van der Waals surface area contributed by atoms with E-state index >= 15 is 0 Å². The molecule has 2 aliphatic rings. The fourth-order valence-electron chi connectivity index (χ4n) is 2.56. The van der Waals surface area contributed by atoms with Crippen LogP contribution in [0.25, 0.3) is 0 Å². The van der Waals surface area contributed by atoms with Gasteiger partial charge in [0.25, 0.3) is 5.92 Å². The van der Waals surface area contributed by atoms with Gasteiger partial charge in [-0.15, -0.1) is 0 Å². The SMILES string of the molecule is CC(F)(F)[C@]1(C#CC2CC2)NC(C=O)Nc2cc(Br)ccc21. The Labute approximate surface area is 136 Å². The lowest BCUT2D eigenvalue weighted by Gasteiger charge is -2.42. The molecule has 0 radical (unpaired) electrons. The number of rotatable bonds is 2. The highest BCUT2D eigenvalue weighted by atomic mass is 79.9. The van der Waals surface area contributed by atoms with Gasteiger partial charge in [0.05, 0.1) is 0 Å². The number of carbonyl (C=O) groups excluding carboxylic acids is 1. The second-order valence-electron chi connectivity index (χ2n) is 5.77. The molecule has 1 aromatic carbocycles. The van der Waals surface area contributed by atoms with E-state index in [4.69, 9.17) is 0 Å². The molecule has 1 heterocycles. The van der Waals surface area contributed by atoms with E-state index < -0.39 is 17.6 Å². The summed E-state index contributed by atoms with van der Waals surface area (Å²) in [4.78, 5) is 11.2. The second-order valence-corrected chi connectivity index (χ2v) is 6.69. The lowest BCUT2D eigenvalue weighted by molar-refractivity contribution is -0.111. The molecule has 0 amide bonds. The molecule has 2 N–H and O–H groups in total. The zero-order valence-electron chi connectivity index (χ0n) is 11.9. The average molecular weight is 369 g/mol. The van der Waals surface area contributed by atoms with Crippen LogP contribution in [0.15, 0.2) is 22.7 Å². The monoisotopic (exact) mass is 368 g/mol. The molecule has 1 aliphatic carbocycles. The van der Waals surface area contributed by atoms with Gasteiger partial charge in [-0.05, 0) is 25.0 Å². The maximum absolute atomic E-state index is 14.5. The Morgan fingerprint density at radius 3 is 2.77 bits per heavy atom. The molecule has 1 fully saturated rings. The predicted molar refractivity (Wildman–Crippen MR) is 83.6 cm³/mol. The van der Waals surface area contributed by atoms with Crippen LogP contribution in [-0.2, 0) is 10.3 Å². The minimum atomic E-state index is -3.15. The third-order valence-corrected chi connectivity index (χ3v) is 4.40. The number of benzene rings is 1. The van der Waals surface area contributed by atoms with Gasteiger partial charge in [0.2, 0.25) is 0 Å². The highest BCUT2D eigenvalue weighted by Crippen LogP contribution is 2.44. The van der Waals surface area contributed by atoms with Gasteiger partial charge in [0, 0.05) is 28.6 Å². The van der Waals surface area contributed by atoms with Crippen molar-refractivity contribution < 1.29 is 13.6 Å². The van der Waals surface area contributed by atoms with Crippen LogP contribution in [0.5, 0.6) is 0 Å². The lowest BCUT2D eigenvalue weighted by atomic mass is 9.81. The molecule has 1 unspecified atom stereocenters. The fourth-order valence-corrected chi connectivity index (χ4v) is 2.92. The van der Waals surface area contributed by atoms with E-state index in [-0.39, 0.29) is 5.92 Å². The Morgan fingerprint density at radius 1 is 1.45 bits per heavy atom. The third-order valence-electron chi connectivity index (χ3n) is 3.90. The van der Waals surface area contributed by atoms with E-state index in [1.807, 2.05) is 0 Å². The third kappa shape index (κ3) is 2.64. The smallest absolute Gasteiger partial charge is 0.278 e. The number of fused-ring (bicyclic) bond motifs is 1. The summed E-state index contributed by atoms with van der Waals surface area (Å²) in [5.74, 6) is 2.71. The van der Waals surface area contributed by atoms with Crippen molar-refractivity contribution in [2.75, 3.05) is 5.32 Å². The highest BCUT2D eigenvalue weighted by Gasteiger charge is 2.54. The zero-order valence-corrected chi connectivity index (χ0v) is 13.5. The van der Waals surface area contributed by atoms with Gasteiger partial charge in [0.1, 0.15) is 6.17 Å². The van der Waals surface area contributed by atoms with Crippen LogP contribution < -0.4 is 10.6 Å². The van der Waals surface area contributed by atoms with Crippen LogP contribution in [0.1, 0.15) is 25.3 Å². The van der Waals surface area contributed by atoms with E-state index in [0.717, 1.165) is 24.2 Å². The summed E-state index contributed by atoms with van der Waals surface area (Å²) in [6.45, 7) is 0.834. The number of halogens is 3. The van der Waals surface area contributed by atoms with E-state index in [1.54, 1.807) is 18.2 Å². The molecule has 3 rings (SSSR count).